The second-order valence-corrected chi connectivity index (χ2v) is 4.34. The molecule has 1 fully saturated rings. The first-order valence-corrected chi connectivity index (χ1v) is 5.34. The molecular formula is C11H11ClFNO2. The monoisotopic (exact) mass is 243 g/mol. The van der Waals surface area contributed by atoms with E-state index in [0.717, 1.165) is 0 Å². The predicted molar refractivity (Wildman–Crippen MR) is 57.8 cm³/mol. The number of benzene rings is 1. The summed E-state index contributed by atoms with van der Waals surface area (Å²) >= 11 is 5.87. The van der Waals surface area contributed by atoms with E-state index in [-0.39, 0.29) is 11.7 Å². The van der Waals surface area contributed by atoms with Crippen molar-refractivity contribution < 1.29 is 14.3 Å². The van der Waals surface area contributed by atoms with Gasteiger partial charge >= 0.3 is 5.97 Å². The van der Waals surface area contributed by atoms with E-state index < -0.39 is 5.97 Å². The first-order chi connectivity index (χ1) is 7.58. The molecule has 0 bridgehead atoms. The molecule has 16 heavy (non-hydrogen) atoms. The summed E-state index contributed by atoms with van der Waals surface area (Å²) in [6, 6.07) is 4.54. The van der Waals surface area contributed by atoms with Gasteiger partial charge in [0.05, 0.1) is 5.92 Å². The summed E-state index contributed by atoms with van der Waals surface area (Å²) in [6.45, 7) is 1.29. The van der Waals surface area contributed by atoms with Crippen molar-refractivity contribution in [2.24, 2.45) is 5.92 Å². The third-order valence-electron chi connectivity index (χ3n) is 2.75. The molecule has 2 rings (SSSR count). The molecule has 0 spiro atoms. The fraction of sp³-hybridized carbons (Fsp3) is 0.364. The molecule has 1 aliphatic heterocycles. The van der Waals surface area contributed by atoms with E-state index >= 15 is 0 Å². The average molecular weight is 244 g/mol. The Bertz CT molecular complexity index is 398. The van der Waals surface area contributed by atoms with Crippen LogP contribution in [0.3, 0.4) is 0 Å². The van der Waals surface area contributed by atoms with Gasteiger partial charge in [-0.05, 0) is 12.1 Å². The predicted octanol–water partition coefficient (Wildman–Crippen LogP) is 2.00. The van der Waals surface area contributed by atoms with E-state index in [2.05, 4.69) is 0 Å². The van der Waals surface area contributed by atoms with Crippen LogP contribution in [0.15, 0.2) is 18.2 Å². The molecule has 0 unspecified atom stereocenters. The number of nitrogens with zero attached hydrogens (tertiary/aromatic N) is 1. The largest absolute Gasteiger partial charge is 0.481 e. The number of carbonyl (C=O) groups is 1. The van der Waals surface area contributed by atoms with Crippen molar-refractivity contribution in [3.05, 3.63) is 34.6 Å². The van der Waals surface area contributed by atoms with E-state index in [1.807, 2.05) is 4.90 Å². The highest BCUT2D eigenvalue weighted by Crippen LogP contribution is 2.24. The Morgan fingerprint density at radius 2 is 2.25 bits per heavy atom. The third kappa shape index (κ3) is 2.18. The molecule has 1 aromatic rings. The maximum Gasteiger partial charge on any atom is 0.309 e. The highest BCUT2D eigenvalue weighted by molar-refractivity contribution is 6.31. The molecule has 1 heterocycles. The molecular weight excluding hydrogens is 233 g/mol. The van der Waals surface area contributed by atoms with Crippen LogP contribution >= 0.6 is 11.6 Å². The van der Waals surface area contributed by atoms with Gasteiger partial charge in [0, 0.05) is 30.2 Å². The fourth-order valence-electron chi connectivity index (χ4n) is 1.76. The normalized spacial score (nSPS) is 17.1. The van der Waals surface area contributed by atoms with E-state index in [4.69, 9.17) is 16.7 Å². The molecule has 1 aliphatic rings. The van der Waals surface area contributed by atoms with Crippen LogP contribution in [0.2, 0.25) is 5.02 Å². The van der Waals surface area contributed by atoms with Crippen LogP contribution < -0.4 is 0 Å². The van der Waals surface area contributed by atoms with Crippen LogP contribution in [0.4, 0.5) is 4.39 Å². The summed E-state index contributed by atoms with van der Waals surface area (Å²) < 4.78 is 13.4. The van der Waals surface area contributed by atoms with Crippen molar-refractivity contribution in [2.75, 3.05) is 13.1 Å². The molecule has 3 nitrogen and oxygen atoms in total. The van der Waals surface area contributed by atoms with Gasteiger partial charge < -0.3 is 5.11 Å². The molecule has 0 saturated carbocycles. The lowest BCUT2D eigenvalue weighted by atomic mass is 9.99. The first kappa shape index (κ1) is 11.4. The van der Waals surface area contributed by atoms with E-state index in [9.17, 15) is 9.18 Å². The van der Waals surface area contributed by atoms with Crippen LogP contribution in [0.5, 0.6) is 0 Å². The molecule has 1 saturated heterocycles. The molecule has 1 N–H and O–H groups in total. The molecule has 86 valence electrons. The molecule has 0 atom stereocenters. The van der Waals surface area contributed by atoms with Crippen LogP contribution in [0.25, 0.3) is 0 Å². The van der Waals surface area contributed by atoms with Gasteiger partial charge in [0.25, 0.3) is 0 Å². The molecule has 0 radical (unpaired) electrons. The second-order valence-electron chi connectivity index (χ2n) is 3.93. The van der Waals surface area contributed by atoms with Gasteiger partial charge in [-0.2, -0.15) is 0 Å². The van der Waals surface area contributed by atoms with Gasteiger partial charge in [0.2, 0.25) is 0 Å². The maximum absolute atomic E-state index is 13.4. The highest BCUT2D eigenvalue weighted by Gasteiger charge is 2.32. The van der Waals surface area contributed by atoms with Gasteiger partial charge in [-0.1, -0.05) is 17.7 Å². The zero-order valence-electron chi connectivity index (χ0n) is 8.49. The lowest BCUT2D eigenvalue weighted by Gasteiger charge is -2.36. The van der Waals surface area contributed by atoms with E-state index in [1.54, 1.807) is 12.1 Å². The van der Waals surface area contributed by atoms with Crippen LogP contribution in [0, 0.1) is 11.7 Å². The summed E-state index contributed by atoms with van der Waals surface area (Å²) in [5.74, 6) is -1.47. The quantitative estimate of drug-likeness (QED) is 0.883. The van der Waals surface area contributed by atoms with Crippen molar-refractivity contribution in [3.63, 3.8) is 0 Å². The van der Waals surface area contributed by atoms with Gasteiger partial charge in [-0.3, -0.25) is 9.69 Å². The van der Waals surface area contributed by atoms with Crippen molar-refractivity contribution in [3.8, 4) is 0 Å². The summed E-state index contributed by atoms with van der Waals surface area (Å²) in [5.41, 5.74) is 0.438. The zero-order valence-corrected chi connectivity index (χ0v) is 9.25. The number of hydrogen-bond acceptors (Lipinski definition) is 2. The van der Waals surface area contributed by atoms with Crippen LogP contribution in [-0.2, 0) is 11.3 Å². The number of carboxylic acid groups (broad SMARTS) is 1. The standard InChI is InChI=1S/C11H11ClFNO2/c12-9-2-1-3-10(13)8(9)6-14-4-7(5-14)11(15)16/h1-3,7H,4-6H2,(H,15,16). The lowest BCUT2D eigenvalue weighted by Crippen LogP contribution is -2.49. The number of carboxylic acids is 1. The lowest BCUT2D eigenvalue weighted by molar-refractivity contribution is -0.147. The minimum Gasteiger partial charge on any atom is -0.481 e. The third-order valence-corrected chi connectivity index (χ3v) is 3.10. The summed E-state index contributed by atoms with van der Waals surface area (Å²) in [4.78, 5) is 12.5. The van der Waals surface area contributed by atoms with E-state index in [0.29, 0.717) is 30.2 Å². The highest BCUT2D eigenvalue weighted by atomic mass is 35.5. The van der Waals surface area contributed by atoms with Gasteiger partial charge in [0.1, 0.15) is 5.82 Å². The number of rotatable bonds is 3. The summed E-state index contributed by atoms with van der Waals surface area (Å²) in [7, 11) is 0. The average Bonchev–Trinajstić information content (AvgIpc) is 2.13. The molecule has 1 aromatic carbocycles. The second kappa shape index (κ2) is 4.39. The minimum absolute atomic E-state index is 0.328. The Morgan fingerprint density at radius 3 is 2.81 bits per heavy atom. The van der Waals surface area contributed by atoms with Gasteiger partial charge in [-0.15, -0.1) is 0 Å². The van der Waals surface area contributed by atoms with Crippen LogP contribution in [-0.4, -0.2) is 29.1 Å². The number of aliphatic carboxylic acids is 1. The van der Waals surface area contributed by atoms with Crippen molar-refractivity contribution >= 4 is 17.6 Å². The Morgan fingerprint density at radius 1 is 1.56 bits per heavy atom. The van der Waals surface area contributed by atoms with Crippen molar-refractivity contribution in [1.29, 1.82) is 0 Å². The summed E-state index contributed by atoms with van der Waals surface area (Å²) in [6.07, 6.45) is 0. The molecule has 0 aliphatic carbocycles. The molecule has 0 aromatic heterocycles. The number of likely N-dealkylation sites (tertiary alicyclic amines) is 1. The van der Waals surface area contributed by atoms with Gasteiger partial charge in [-0.25, -0.2) is 4.39 Å². The number of halogens is 2. The topological polar surface area (TPSA) is 40.5 Å². The van der Waals surface area contributed by atoms with E-state index in [1.165, 1.54) is 6.07 Å². The Labute approximate surface area is 97.4 Å². The Hall–Kier alpha value is -1.13. The molecule has 0 amide bonds. The van der Waals surface area contributed by atoms with Crippen molar-refractivity contribution in [2.45, 2.75) is 6.54 Å². The fourth-order valence-corrected chi connectivity index (χ4v) is 1.98. The first-order valence-electron chi connectivity index (χ1n) is 4.96. The SMILES string of the molecule is O=C(O)C1CN(Cc2c(F)cccc2Cl)C1. The van der Waals surface area contributed by atoms with Gasteiger partial charge in [0.15, 0.2) is 0 Å². The minimum atomic E-state index is -0.795. The maximum atomic E-state index is 13.4. The van der Waals surface area contributed by atoms with Crippen molar-refractivity contribution in [1.82, 2.24) is 4.90 Å². The van der Waals surface area contributed by atoms with Crippen LogP contribution in [0.1, 0.15) is 5.56 Å². The summed E-state index contributed by atoms with van der Waals surface area (Å²) in [5, 5.41) is 9.09. The number of hydrogen-bond donors (Lipinski definition) is 1. The molecule has 5 heteroatoms. The Balaban J connectivity index is 1.99. The Kier molecular flexibility index (Phi) is 3.12. The zero-order chi connectivity index (χ0) is 11.7. The smallest absolute Gasteiger partial charge is 0.309 e.